The maximum absolute atomic E-state index is 11.8. The average Bonchev–Trinajstić information content (AvgIpc) is 2.74. The largest absolute Gasteiger partial charge is 0.394 e. The first-order valence-corrected chi connectivity index (χ1v) is 7.15. The average molecular weight is 318 g/mol. The van der Waals surface area contributed by atoms with Crippen molar-refractivity contribution in [3.05, 3.63) is 26.9 Å². The highest BCUT2D eigenvalue weighted by Gasteiger charge is 2.43. The molecule has 4 atom stereocenters. The van der Waals surface area contributed by atoms with Gasteiger partial charge in [-0.15, -0.1) is 0 Å². The van der Waals surface area contributed by atoms with Crippen LogP contribution in [-0.4, -0.2) is 63.4 Å². The summed E-state index contributed by atoms with van der Waals surface area (Å²) in [6.07, 6.45) is -2.19. The van der Waals surface area contributed by atoms with Crippen LogP contribution in [0.15, 0.2) is 11.0 Å². The number of aliphatic hydroxyl groups is 3. The first-order chi connectivity index (χ1) is 9.99. The fourth-order valence-corrected chi connectivity index (χ4v) is 2.55. The van der Waals surface area contributed by atoms with Gasteiger partial charge in [0.15, 0.2) is 11.0 Å². The van der Waals surface area contributed by atoms with Gasteiger partial charge >= 0.3 is 0 Å². The minimum absolute atomic E-state index is 0.0964. The van der Waals surface area contributed by atoms with E-state index in [4.69, 9.17) is 22.1 Å². The van der Waals surface area contributed by atoms with Gasteiger partial charge in [-0.1, -0.05) is 0 Å². The number of nitrogens with one attached hydrogen (secondary N) is 1. The molecule has 1 saturated heterocycles. The number of hydrogen-bond donors (Lipinski definition) is 5. The molecule has 0 unspecified atom stereocenters. The third kappa shape index (κ3) is 3.23. The summed E-state index contributed by atoms with van der Waals surface area (Å²) < 4.78 is 6.92. The number of nitrogens with zero attached hydrogens (tertiary/aromatic N) is 1. The molecule has 0 aromatic carbocycles. The van der Waals surface area contributed by atoms with E-state index in [2.05, 4.69) is 4.98 Å². The van der Waals surface area contributed by atoms with Gasteiger partial charge in [0.05, 0.1) is 20.2 Å². The Labute approximate surface area is 126 Å². The lowest BCUT2D eigenvalue weighted by molar-refractivity contribution is -0.626. The van der Waals surface area contributed by atoms with E-state index in [0.717, 1.165) is 6.54 Å². The van der Waals surface area contributed by atoms with Crippen LogP contribution in [0.4, 0.5) is 0 Å². The SMILES string of the molecule is C[NH2+]CCc1cn([C@@H]2O[C@H](CO)[C@@H](O)[C@H]2O)c(=S)[nH]c1=O. The Bertz CT molecular complexity index is 601. The van der Waals surface area contributed by atoms with Gasteiger partial charge in [0.1, 0.15) is 18.3 Å². The highest BCUT2D eigenvalue weighted by Crippen LogP contribution is 2.29. The van der Waals surface area contributed by atoms with Gasteiger partial charge in [-0.05, 0) is 12.2 Å². The Kier molecular flexibility index (Phi) is 5.25. The molecular formula is C12H20N3O5S+. The Morgan fingerprint density at radius 2 is 2.19 bits per heavy atom. The zero-order valence-corrected chi connectivity index (χ0v) is 12.4. The molecule has 0 aliphatic carbocycles. The molecule has 1 aromatic rings. The summed E-state index contributed by atoms with van der Waals surface area (Å²) in [5, 5.41) is 30.9. The number of aliphatic hydroxyl groups excluding tert-OH is 3. The van der Waals surface area contributed by atoms with Crippen molar-refractivity contribution >= 4 is 12.2 Å². The number of H-pyrrole nitrogens is 1. The predicted molar refractivity (Wildman–Crippen MR) is 75.3 cm³/mol. The second kappa shape index (κ2) is 6.77. The second-order valence-electron chi connectivity index (χ2n) is 5.00. The number of likely N-dealkylation sites (N-methyl/N-ethyl adjacent to an activating group) is 1. The van der Waals surface area contributed by atoms with Crippen LogP contribution in [0.5, 0.6) is 0 Å². The van der Waals surface area contributed by atoms with E-state index < -0.39 is 31.1 Å². The van der Waals surface area contributed by atoms with Crippen molar-refractivity contribution in [2.45, 2.75) is 31.0 Å². The van der Waals surface area contributed by atoms with Gasteiger partial charge in [0.25, 0.3) is 5.56 Å². The van der Waals surface area contributed by atoms with Crippen molar-refractivity contribution < 1.29 is 25.4 Å². The molecule has 1 aromatic heterocycles. The first-order valence-electron chi connectivity index (χ1n) is 6.74. The van der Waals surface area contributed by atoms with Crippen LogP contribution < -0.4 is 10.9 Å². The number of aromatic nitrogens is 2. The molecule has 1 aliphatic heterocycles. The van der Waals surface area contributed by atoms with Gasteiger partial charge in [-0.2, -0.15) is 0 Å². The van der Waals surface area contributed by atoms with Crippen LogP contribution in [0.3, 0.4) is 0 Å². The van der Waals surface area contributed by atoms with Crippen molar-refractivity contribution in [2.24, 2.45) is 0 Å². The summed E-state index contributed by atoms with van der Waals surface area (Å²) in [5.41, 5.74) is 0.240. The number of ether oxygens (including phenoxy) is 1. The van der Waals surface area contributed by atoms with Gasteiger partial charge in [-0.3, -0.25) is 14.3 Å². The zero-order chi connectivity index (χ0) is 15.6. The number of nitrogens with two attached hydrogens (primary N) is 1. The standard InChI is InChI=1S/C12H19N3O5S/c1-13-3-2-6-4-15(12(21)14-10(6)19)11-9(18)8(17)7(5-16)20-11/h4,7-9,11,13,16-18H,2-3,5H2,1H3,(H,14,19,21)/p+1/t7-,8-,9-,11-/m1/s1. The third-order valence-corrected chi connectivity index (χ3v) is 3.85. The maximum Gasteiger partial charge on any atom is 0.255 e. The minimum Gasteiger partial charge on any atom is -0.394 e. The molecule has 2 heterocycles. The Balaban J connectivity index is 2.35. The normalized spacial score (nSPS) is 29.0. The molecule has 118 valence electrons. The molecule has 1 fully saturated rings. The highest BCUT2D eigenvalue weighted by molar-refractivity contribution is 7.71. The third-order valence-electron chi connectivity index (χ3n) is 3.54. The Morgan fingerprint density at radius 1 is 1.48 bits per heavy atom. The van der Waals surface area contributed by atoms with E-state index in [0.29, 0.717) is 12.0 Å². The molecule has 0 radical (unpaired) electrons. The monoisotopic (exact) mass is 318 g/mol. The van der Waals surface area contributed by atoms with Crippen molar-refractivity contribution in [3.63, 3.8) is 0 Å². The molecule has 0 saturated carbocycles. The van der Waals surface area contributed by atoms with Gasteiger partial charge in [0, 0.05) is 18.2 Å². The van der Waals surface area contributed by atoms with Crippen LogP contribution in [0, 0.1) is 4.77 Å². The number of aromatic amines is 1. The molecule has 1 aliphatic rings. The van der Waals surface area contributed by atoms with Crippen molar-refractivity contribution in [3.8, 4) is 0 Å². The summed E-state index contributed by atoms with van der Waals surface area (Å²) in [4.78, 5) is 14.4. The molecular weight excluding hydrogens is 298 g/mol. The van der Waals surface area contributed by atoms with E-state index in [1.54, 1.807) is 0 Å². The quantitative estimate of drug-likeness (QED) is 0.375. The van der Waals surface area contributed by atoms with E-state index in [1.807, 2.05) is 12.4 Å². The molecule has 0 amide bonds. The van der Waals surface area contributed by atoms with Crippen molar-refractivity contribution in [1.29, 1.82) is 0 Å². The van der Waals surface area contributed by atoms with Crippen LogP contribution >= 0.6 is 12.2 Å². The lowest BCUT2D eigenvalue weighted by atomic mass is 10.1. The van der Waals surface area contributed by atoms with Crippen LogP contribution in [-0.2, 0) is 11.2 Å². The lowest BCUT2D eigenvalue weighted by Gasteiger charge is -2.19. The van der Waals surface area contributed by atoms with Crippen LogP contribution in [0.25, 0.3) is 0 Å². The number of hydrogen-bond acceptors (Lipinski definition) is 6. The predicted octanol–water partition coefficient (Wildman–Crippen LogP) is -2.75. The topological polar surface area (TPSA) is 124 Å². The van der Waals surface area contributed by atoms with Gasteiger partial charge in [-0.25, -0.2) is 0 Å². The van der Waals surface area contributed by atoms with E-state index in [-0.39, 0.29) is 10.3 Å². The van der Waals surface area contributed by atoms with Gasteiger partial charge < -0.3 is 25.4 Å². The van der Waals surface area contributed by atoms with E-state index in [9.17, 15) is 15.0 Å². The van der Waals surface area contributed by atoms with Crippen LogP contribution in [0.1, 0.15) is 11.8 Å². The lowest BCUT2D eigenvalue weighted by Crippen LogP contribution is -2.80. The molecule has 2 rings (SSSR count). The molecule has 9 heteroatoms. The molecule has 0 spiro atoms. The first kappa shape index (κ1) is 16.3. The fourth-order valence-electron chi connectivity index (χ4n) is 2.30. The highest BCUT2D eigenvalue weighted by atomic mass is 32.1. The molecule has 21 heavy (non-hydrogen) atoms. The molecule has 0 bridgehead atoms. The second-order valence-corrected chi connectivity index (χ2v) is 5.38. The number of rotatable bonds is 5. The summed E-state index contributed by atoms with van der Waals surface area (Å²) in [6.45, 7) is 0.318. The Hall–Kier alpha value is -1.10. The fraction of sp³-hybridized carbons (Fsp3) is 0.667. The van der Waals surface area contributed by atoms with Crippen molar-refractivity contribution in [2.75, 3.05) is 20.2 Å². The molecule has 6 N–H and O–H groups in total. The smallest absolute Gasteiger partial charge is 0.255 e. The maximum atomic E-state index is 11.8. The van der Waals surface area contributed by atoms with E-state index >= 15 is 0 Å². The van der Waals surface area contributed by atoms with Gasteiger partial charge in [0.2, 0.25) is 0 Å². The summed E-state index contributed by atoms with van der Waals surface area (Å²) in [5.74, 6) is 0. The zero-order valence-electron chi connectivity index (χ0n) is 11.6. The van der Waals surface area contributed by atoms with Crippen molar-refractivity contribution in [1.82, 2.24) is 9.55 Å². The summed E-state index contributed by atoms with van der Waals surface area (Å²) in [7, 11) is 1.90. The van der Waals surface area contributed by atoms with Crippen LogP contribution in [0.2, 0.25) is 0 Å². The number of quaternary nitrogens is 1. The Morgan fingerprint density at radius 3 is 2.76 bits per heavy atom. The summed E-state index contributed by atoms with van der Waals surface area (Å²) >= 11 is 5.08. The van der Waals surface area contributed by atoms with E-state index in [1.165, 1.54) is 10.8 Å². The summed E-state index contributed by atoms with van der Waals surface area (Å²) in [6, 6.07) is 0. The molecule has 8 nitrogen and oxygen atoms in total. The minimum atomic E-state index is -1.23.